The van der Waals surface area contributed by atoms with Crippen molar-refractivity contribution < 1.29 is 9.32 Å². The zero-order chi connectivity index (χ0) is 17.8. The smallest absolute Gasteiger partial charge is 0.321 e. The maximum Gasteiger partial charge on any atom is 0.321 e. The molecule has 7 heteroatoms. The van der Waals surface area contributed by atoms with Gasteiger partial charge in [0.2, 0.25) is 0 Å². The van der Waals surface area contributed by atoms with E-state index in [-0.39, 0.29) is 6.03 Å². The second-order valence-corrected chi connectivity index (χ2v) is 6.00. The van der Waals surface area contributed by atoms with Gasteiger partial charge in [-0.05, 0) is 19.4 Å². The molecule has 0 spiro atoms. The van der Waals surface area contributed by atoms with Gasteiger partial charge in [-0.1, -0.05) is 35.5 Å². The van der Waals surface area contributed by atoms with Crippen LogP contribution in [0, 0.1) is 13.8 Å². The molecule has 130 valence electrons. The van der Waals surface area contributed by atoms with E-state index in [9.17, 15) is 4.79 Å². The molecule has 0 radical (unpaired) electrons. The fourth-order valence-electron chi connectivity index (χ4n) is 2.54. The molecule has 2 amide bonds. The molecule has 0 atom stereocenters. The van der Waals surface area contributed by atoms with Crippen molar-refractivity contribution in [2.45, 2.75) is 26.9 Å². The number of aryl methyl sites for hydroxylation is 2. The van der Waals surface area contributed by atoms with Crippen LogP contribution in [0.15, 0.2) is 47.2 Å². The normalized spacial score (nSPS) is 10.7. The third-order valence-corrected chi connectivity index (χ3v) is 4.00. The second kappa shape index (κ2) is 7.21. The Kier molecular flexibility index (Phi) is 4.83. The van der Waals surface area contributed by atoms with Crippen LogP contribution in [0.4, 0.5) is 10.5 Å². The summed E-state index contributed by atoms with van der Waals surface area (Å²) in [6.45, 7) is 4.80. The van der Waals surface area contributed by atoms with Gasteiger partial charge in [-0.2, -0.15) is 5.10 Å². The Bertz CT molecular complexity index is 834. The molecule has 2 aromatic heterocycles. The van der Waals surface area contributed by atoms with Gasteiger partial charge in [0, 0.05) is 18.8 Å². The summed E-state index contributed by atoms with van der Waals surface area (Å²) in [4.78, 5) is 13.9. The summed E-state index contributed by atoms with van der Waals surface area (Å²) in [5.74, 6) is 0.729. The first-order chi connectivity index (χ1) is 12.0. The summed E-state index contributed by atoms with van der Waals surface area (Å²) in [6, 6.07) is 9.83. The predicted molar refractivity (Wildman–Crippen MR) is 94.2 cm³/mol. The number of nitrogens with one attached hydrogen (secondary N) is 1. The summed E-state index contributed by atoms with van der Waals surface area (Å²) in [5, 5.41) is 11.0. The lowest BCUT2D eigenvalue weighted by molar-refractivity contribution is 0.220. The van der Waals surface area contributed by atoms with Gasteiger partial charge in [0.1, 0.15) is 5.76 Å². The quantitative estimate of drug-likeness (QED) is 0.774. The molecule has 0 saturated heterocycles. The Hall–Kier alpha value is -3.09. The van der Waals surface area contributed by atoms with Crippen LogP contribution in [0.2, 0.25) is 0 Å². The van der Waals surface area contributed by atoms with E-state index in [1.807, 2.05) is 50.4 Å². The average molecular weight is 339 g/mol. The van der Waals surface area contributed by atoms with Crippen molar-refractivity contribution in [3.05, 3.63) is 65.3 Å². The lowest BCUT2D eigenvalue weighted by Crippen LogP contribution is -2.31. The van der Waals surface area contributed by atoms with Gasteiger partial charge in [-0.3, -0.25) is 4.68 Å². The third-order valence-electron chi connectivity index (χ3n) is 4.00. The minimum atomic E-state index is -0.209. The number of aromatic nitrogens is 3. The number of carbonyl (C=O) groups excluding carboxylic acids is 1. The first-order valence-corrected chi connectivity index (χ1v) is 8.03. The SMILES string of the molecule is Cc1noc(C)c1CN(C)C(=O)Nc1cnn(Cc2ccccc2)c1. The topological polar surface area (TPSA) is 76.2 Å². The Morgan fingerprint density at radius 2 is 2.04 bits per heavy atom. The largest absolute Gasteiger partial charge is 0.361 e. The number of carbonyl (C=O) groups is 1. The molecule has 0 bridgehead atoms. The standard InChI is InChI=1S/C18H21N5O2/c1-13-17(14(2)25-21-13)12-22(3)18(24)20-16-9-19-23(11-16)10-15-7-5-4-6-8-15/h4-9,11H,10,12H2,1-3H3,(H,20,24). The molecule has 0 aliphatic heterocycles. The number of urea groups is 1. The van der Waals surface area contributed by atoms with Gasteiger partial charge in [-0.15, -0.1) is 0 Å². The highest BCUT2D eigenvalue weighted by Crippen LogP contribution is 2.15. The molecular weight excluding hydrogens is 318 g/mol. The molecule has 25 heavy (non-hydrogen) atoms. The number of hydrogen-bond donors (Lipinski definition) is 1. The Labute approximate surface area is 146 Å². The number of amides is 2. The molecule has 1 N–H and O–H groups in total. The van der Waals surface area contributed by atoms with E-state index in [0.717, 1.165) is 22.6 Å². The number of benzene rings is 1. The Morgan fingerprint density at radius 3 is 2.72 bits per heavy atom. The fraction of sp³-hybridized carbons (Fsp3) is 0.278. The van der Waals surface area contributed by atoms with E-state index in [1.165, 1.54) is 0 Å². The first kappa shape index (κ1) is 16.8. The fourth-order valence-corrected chi connectivity index (χ4v) is 2.54. The van der Waals surface area contributed by atoms with E-state index in [4.69, 9.17) is 4.52 Å². The Balaban J connectivity index is 1.59. The van der Waals surface area contributed by atoms with Gasteiger partial charge in [0.15, 0.2) is 0 Å². The zero-order valence-corrected chi connectivity index (χ0v) is 14.6. The van der Waals surface area contributed by atoms with Crippen LogP contribution in [0.3, 0.4) is 0 Å². The van der Waals surface area contributed by atoms with E-state index in [2.05, 4.69) is 15.6 Å². The number of hydrogen-bond acceptors (Lipinski definition) is 4. The van der Waals surface area contributed by atoms with E-state index in [1.54, 1.807) is 22.8 Å². The molecule has 3 aromatic rings. The minimum absolute atomic E-state index is 0.209. The monoisotopic (exact) mass is 339 g/mol. The van der Waals surface area contributed by atoms with Crippen molar-refractivity contribution in [2.24, 2.45) is 0 Å². The summed E-state index contributed by atoms with van der Waals surface area (Å²) in [7, 11) is 1.73. The van der Waals surface area contributed by atoms with Crippen molar-refractivity contribution in [3.63, 3.8) is 0 Å². The molecule has 2 heterocycles. The van der Waals surface area contributed by atoms with Crippen molar-refractivity contribution in [1.82, 2.24) is 19.8 Å². The summed E-state index contributed by atoms with van der Waals surface area (Å²) >= 11 is 0. The van der Waals surface area contributed by atoms with Crippen molar-refractivity contribution >= 4 is 11.7 Å². The summed E-state index contributed by atoms with van der Waals surface area (Å²) in [5.41, 5.74) is 3.54. The molecule has 0 saturated carbocycles. The van der Waals surface area contributed by atoms with Crippen LogP contribution in [0.25, 0.3) is 0 Å². The molecule has 0 fully saturated rings. The zero-order valence-electron chi connectivity index (χ0n) is 14.6. The molecular formula is C18H21N5O2. The number of nitrogens with zero attached hydrogens (tertiary/aromatic N) is 4. The van der Waals surface area contributed by atoms with Gasteiger partial charge < -0.3 is 14.7 Å². The molecule has 0 aliphatic carbocycles. The van der Waals surface area contributed by atoms with Crippen molar-refractivity contribution in [1.29, 1.82) is 0 Å². The maximum atomic E-state index is 12.4. The predicted octanol–water partition coefficient (Wildman–Crippen LogP) is 3.20. The van der Waals surface area contributed by atoms with Crippen LogP contribution >= 0.6 is 0 Å². The van der Waals surface area contributed by atoms with E-state index < -0.39 is 0 Å². The van der Waals surface area contributed by atoms with Crippen molar-refractivity contribution in [3.8, 4) is 0 Å². The molecule has 7 nitrogen and oxygen atoms in total. The first-order valence-electron chi connectivity index (χ1n) is 8.03. The molecule has 0 aliphatic rings. The highest BCUT2D eigenvalue weighted by atomic mass is 16.5. The van der Waals surface area contributed by atoms with Crippen LogP contribution in [0.1, 0.15) is 22.6 Å². The van der Waals surface area contributed by atoms with Gasteiger partial charge in [-0.25, -0.2) is 4.79 Å². The molecule has 1 aromatic carbocycles. The average Bonchev–Trinajstić information content (AvgIpc) is 3.16. The molecule has 3 rings (SSSR count). The lowest BCUT2D eigenvalue weighted by atomic mass is 10.2. The van der Waals surface area contributed by atoms with Crippen LogP contribution in [-0.2, 0) is 13.1 Å². The highest BCUT2D eigenvalue weighted by molar-refractivity contribution is 5.88. The van der Waals surface area contributed by atoms with E-state index in [0.29, 0.717) is 18.8 Å². The van der Waals surface area contributed by atoms with E-state index >= 15 is 0 Å². The summed E-state index contributed by atoms with van der Waals surface area (Å²) in [6.07, 6.45) is 3.46. The number of rotatable bonds is 5. The maximum absolute atomic E-state index is 12.4. The van der Waals surface area contributed by atoms with Crippen molar-refractivity contribution in [2.75, 3.05) is 12.4 Å². The van der Waals surface area contributed by atoms with Gasteiger partial charge in [0.25, 0.3) is 0 Å². The molecule has 0 unspecified atom stereocenters. The summed E-state index contributed by atoms with van der Waals surface area (Å²) < 4.78 is 6.92. The highest BCUT2D eigenvalue weighted by Gasteiger charge is 2.16. The minimum Gasteiger partial charge on any atom is -0.361 e. The Morgan fingerprint density at radius 1 is 1.28 bits per heavy atom. The van der Waals surface area contributed by atoms with Crippen LogP contribution in [-0.4, -0.2) is 32.9 Å². The lowest BCUT2D eigenvalue weighted by Gasteiger charge is -2.17. The van der Waals surface area contributed by atoms with Crippen LogP contribution in [0.5, 0.6) is 0 Å². The third kappa shape index (κ3) is 4.06. The second-order valence-electron chi connectivity index (χ2n) is 6.00. The van der Waals surface area contributed by atoms with Crippen LogP contribution < -0.4 is 5.32 Å². The number of anilines is 1. The van der Waals surface area contributed by atoms with Gasteiger partial charge >= 0.3 is 6.03 Å². The van der Waals surface area contributed by atoms with Gasteiger partial charge in [0.05, 0.1) is 30.7 Å².